The lowest BCUT2D eigenvalue weighted by atomic mass is 10.1. The molecule has 0 aliphatic rings. The van der Waals surface area contributed by atoms with E-state index in [9.17, 15) is 8.42 Å². The highest BCUT2D eigenvalue weighted by atomic mass is 35.5. The molecule has 0 amide bonds. The number of hydrogen-bond acceptors (Lipinski definition) is 2. The lowest BCUT2D eigenvalue weighted by molar-refractivity contribution is -0.635. The van der Waals surface area contributed by atoms with Gasteiger partial charge in [0, 0.05) is 17.0 Å². The van der Waals surface area contributed by atoms with E-state index >= 15 is 0 Å². The molecule has 0 saturated carbocycles. The van der Waals surface area contributed by atoms with Crippen LogP contribution in [-0.4, -0.2) is 12.4 Å². The summed E-state index contributed by atoms with van der Waals surface area (Å²) >= 11 is 0. The van der Waals surface area contributed by atoms with Crippen LogP contribution in [0.2, 0.25) is 0 Å². The molecule has 4 nitrogen and oxygen atoms in total. The van der Waals surface area contributed by atoms with Crippen LogP contribution in [0.5, 0.6) is 0 Å². The zero-order valence-corrected chi connectivity index (χ0v) is 20.7. The summed E-state index contributed by atoms with van der Waals surface area (Å²) in [6, 6.07) is 35.2. The molecule has 6 aromatic rings. The van der Waals surface area contributed by atoms with Crippen molar-refractivity contribution in [2.45, 2.75) is 18.4 Å². The largest absolute Gasteiger partial charge is 1.00 e. The van der Waals surface area contributed by atoms with Gasteiger partial charge in [0.05, 0.1) is 15.8 Å². The fraction of sp³-hybridized carbons (Fsp3) is 0.0690. The summed E-state index contributed by atoms with van der Waals surface area (Å²) < 4.78 is 31.7. The van der Waals surface area contributed by atoms with Gasteiger partial charge in [-0.3, -0.25) is 0 Å². The summed E-state index contributed by atoms with van der Waals surface area (Å²) in [4.78, 5) is 0.281. The van der Waals surface area contributed by atoms with Crippen molar-refractivity contribution < 1.29 is 25.4 Å². The van der Waals surface area contributed by atoms with Crippen LogP contribution in [0.15, 0.2) is 114 Å². The van der Waals surface area contributed by atoms with E-state index in [1.54, 1.807) is 12.1 Å². The van der Waals surface area contributed by atoms with E-state index < -0.39 is 10.0 Å². The predicted octanol–water partition coefficient (Wildman–Crippen LogP) is 2.83. The molecule has 2 heterocycles. The first-order valence-corrected chi connectivity index (χ1v) is 12.7. The number of rotatable bonds is 4. The van der Waals surface area contributed by atoms with E-state index in [1.807, 2.05) is 85.8 Å². The van der Waals surface area contributed by atoms with Crippen LogP contribution in [-0.2, 0) is 16.6 Å². The van der Waals surface area contributed by atoms with Crippen LogP contribution in [0.1, 0.15) is 11.1 Å². The summed E-state index contributed by atoms with van der Waals surface area (Å²) in [6.45, 7) is 2.59. The highest BCUT2D eigenvalue weighted by Crippen LogP contribution is 2.33. The zero-order chi connectivity index (χ0) is 23.3. The molecule has 0 spiro atoms. The minimum Gasteiger partial charge on any atom is -1.00 e. The molecule has 0 fully saturated rings. The quantitative estimate of drug-likeness (QED) is 0.351. The molecule has 2 aromatic heterocycles. The molecule has 6 heteroatoms. The Morgan fingerprint density at radius 2 is 1.40 bits per heavy atom. The smallest absolute Gasteiger partial charge is 0.268 e. The van der Waals surface area contributed by atoms with Crippen molar-refractivity contribution >= 4 is 42.9 Å². The van der Waals surface area contributed by atoms with Gasteiger partial charge in [0.2, 0.25) is 11.0 Å². The first-order chi connectivity index (χ1) is 16.5. The Morgan fingerprint density at radius 1 is 0.743 bits per heavy atom. The van der Waals surface area contributed by atoms with Gasteiger partial charge in [-0.2, -0.15) is 4.57 Å². The van der Waals surface area contributed by atoms with E-state index in [1.165, 1.54) is 3.97 Å². The number of fused-ring (bicyclic) bond motifs is 4. The number of halogens is 1. The summed E-state index contributed by atoms with van der Waals surface area (Å²) in [5.41, 5.74) is 5.51. The number of pyridine rings is 1. The average molecular weight is 499 g/mol. The molecular weight excluding hydrogens is 476 g/mol. The van der Waals surface area contributed by atoms with Crippen molar-refractivity contribution in [3.05, 3.63) is 120 Å². The van der Waals surface area contributed by atoms with E-state index in [0.717, 1.165) is 32.9 Å². The number of aryl methyl sites for hydroxylation is 1. The molecule has 0 atom stereocenters. The van der Waals surface area contributed by atoms with Crippen molar-refractivity contribution in [2.24, 2.45) is 0 Å². The van der Waals surface area contributed by atoms with E-state index in [4.69, 9.17) is 0 Å². The van der Waals surface area contributed by atoms with Crippen LogP contribution >= 0.6 is 0 Å². The summed E-state index contributed by atoms with van der Waals surface area (Å²) in [5.74, 6) is 0. The number of aromatic nitrogens is 2. The van der Waals surface area contributed by atoms with Crippen molar-refractivity contribution in [1.29, 1.82) is 0 Å². The number of para-hydroxylation sites is 2. The second-order valence-electron chi connectivity index (χ2n) is 8.61. The molecule has 35 heavy (non-hydrogen) atoms. The van der Waals surface area contributed by atoms with Gasteiger partial charge < -0.3 is 12.4 Å². The molecule has 0 radical (unpaired) electrons. The van der Waals surface area contributed by atoms with Gasteiger partial charge in [0.1, 0.15) is 5.52 Å². The van der Waals surface area contributed by atoms with Gasteiger partial charge >= 0.3 is 0 Å². The van der Waals surface area contributed by atoms with E-state index in [2.05, 4.69) is 22.8 Å². The normalized spacial score (nSPS) is 11.7. The molecule has 4 aromatic carbocycles. The zero-order valence-electron chi connectivity index (χ0n) is 19.1. The highest BCUT2D eigenvalue weighted by molar-refractivity contribution is 7.90. The maximum atomic E-state index is 14.0. The Hall–Kier alpha value is -3.67. The molecular formula is C29H23ClN2O2S. The van der Waals surface area contributed by atoms with Gasteiger partial charge in [-0.05, 0) is 43.3 Å². The Balaban J connectivity index is 0.00000253. The average Bonchev–Trinajstić information content (AvgIpc) is 3.19. The topological polar surface area (TPSA) is 43.0 Å². The fourth-order valence-electron chi connectivity index (χ4n) is 4.75. The Bertz CT molecular complexity index is 1790. The van der Waals surface area contributed by atoms with Gasteiger partial charge in [0.25, 0.3) is 10.0 Å². The number of hydrogen-bond donors (Lipinski definition) is 0. The Morgan fingerprint density at radius 3 is 2.17 bits per heavy atom. The SMILES string of the molecule is Cc1ccc(S(=O)(=O)n2c3ccccc3c3c2cc2ccccc2[n+]3Cc2ccccc2)cc1.[Cl-]. The maximum absolute atomic E-state index is 14.0. The lowest BCUT2D eigenvalue weighted by Crippen LogP contribution is -3.00. The third-order valence-corrected chi connectivity index (χ3v) is 8.11. The standard InChI is InChI=1S/C29H23N2O2S.ClH/c1-21-15-17-24(18-16-21)34(32,33)31-27-14-8-6-12-25(27)29-28(31)19-23-11-5-7-13-26(23)30(29)20-22-9-3-2-4-10-22;/h2-19H,20H2,1H3;1H/q+1;/p-1. The maximum Gasteiger partial charge on any atom is 0.268 e. The Labute approximate surface area is 210 Å². The number of nitrogens with zero attached hydrogens (tertiary/aromatic N) is 2. The summed E-state index contributed by atoms with van der Waals surface area (Å²) in [6.07, 6.45) is 0. The minimum atomic E-state index is -3.82. The first kappa shape index (κ1) is 23.1. The molecule has 0 saturated heterocycles. The van der Waals surface area contributed by atoms with E-state index in [0.29, 0.717) is 17.6 Å². The van der Waals surface area contributed by atoms with Crippen LogP contribution in [0.25, 0.3) is 32.8 Å². The van der Waals surface area contributed by atoms with Crippen molar-refractivity contribution in [3.8, 4) is 0 Å². The van der Waals surface area contributed by atoms with Crippen LogP contribution in [0.3, 0.4) is 0 Å². The fourth-order valence-corrected chi connectivity index (χ4v) is 6.26. The minimum absolute atomic E-state index is 0. The van der Waals surface area contributed by atoms with Gasteiger partial charge in [-0.25, -0.2) is 12.4 Å². The van der Waals surface area contributed by atoms with Crippen LogP contribution in [0, 0.1) is 6.92 Å². The highest BCUT2D eigenvalue weighted by Gasteiger charge is 2.29. The number of benzene rings is 4. The van der Waals surface area contributed by atoms with Crippen LogP contribution in [0.4, 0.5) is 0 Å². The third-order valence-electron chi connectivity index (χ3n) is 6.37. The van der Waals surface area contributed by atoms with Gasteiger partial charge in [-0.1, -0.05) is 72.3 Å². The van der Waals surface area contributed by atoms with Crippen LogP contribution < -0.4 is 17.0 Å². The predicted molar refractivity (Wildman–Crippen MR) is 136 cm³/mol. The van der Waals surface area contributed by atoms with E-state index in [-0.39, 0.29) is 17.3 Å². The molecule has 174 valence electrons. The summed E-state index contributed by atoms with van der Waals surface area (Å²) in [5, 5.41) is 1.91. The van der Waals surface area contributed by atoms with Crippen molar-refractivity contribution in [2.75, 3.05) is 0 Å². The Kier molecular flexibility index (Phi) is 5.83. The molecule has 6 rings (SSSR count). The second-order valence-corrected chi connectivity index (χ2v) is 10.4. The second kappa shape index (κ2) is 8.84. The molecule has 0 N–H and O–H groups in total. The molecule has 0 aliphatic carbocycles. The molecule has 0 bridgehead atoms. The van der Waals surface area contributed by atoms with Gasteiger partial charge in [-0.15, -0.1) is 0 Å². The lowest BCUT2D eigenvalue weighted by Gasteiger charge is -2.10. The van der Waals surface area contributed by atoms with Crippen molar-refractivity contribution in [1.82, 2.24) is 3.97 Å². The molecule has 0 unspecified atom stereocenters. The molecule has 0 aliphatic heterocycles. The first-order valence-electron chi connectivity index (χ1n) is 11.2. The monoisotopic (exact) mass is 498 g/mol. The third kappa shape index (κ3) is 3.77. The van der Waals surface area contributed by atoms with Crippen molar-refractivity contribution in [3.63, 3.8) is 0 Å². The van der Waals surface area contributed by atoms with Gasteiger partial charge in [0.15, 0.2) is 6.54 Å². The summed E-state index contributed by atoms with van der Waals surface area (Å²) in [7, 11) is -3.82.